The van der Waals surface area contributed by atoms with Crippen molar-refractivity contribution in [3.63, 3.8) is 0 Å². The Bertz CT molecular complexity index is 812. The van der Waals surface area contributed by atoms with Gasteiger partial charge in [0.2, 0.25) is 5.91 Å². The second-order valence-electron chi connectivity index (χ2n) is 5.98. The van der Waals surface area contributed by atoms with Crippen LogP contribution < -0.4 is 4.90 Å². The summed E-state index contributed by atoms with van der Waals surface area (Å²) in [5, 5.41) is 13.5. The molecule has 1 saturated heterocycles. The maximum Gasteiger partial charge on any atom is 0.252 e. The van der Waals surface area contributed by atoms with Crippen molar-refractivity contribution in [2.24, 2.45) is 0 Å². The van der Waals surface area contributed by atoms with Gasteiger partial charge in [-0.25, -0.2) is 9.67 Å². The zero-order chi connectivity index (χ0) is 17.8. The molecule has 0 radical (unpaired) electrons. The predicted octanol–water partition coefficient (Wildman–Crippen LogP) is 1.85. The first-order valence-electron chi connectivity index (χ1n) is 8.16. The molecule has 8 heteroatoms. The molecule has 7 nitrogen and oxygen atoms in total. The van der Waals surface area contributed by atoms with E-state index in [-0.39, 0.29) is 18.3 Å². The van der Waals surface area contributed by atoms with E-state index in [1.165, 1.54) is 11.0 Å². The Morgan fingerprint density at radius 1 is 1.32 bits per heavy atom. The number of aromatic nitrogens is 3. The normalized spacial score (nSPS) is 14.9. The molecule has 0 saturated carbocycles. The second-order valence-corrected chi connectivity index (χ2v) is 6.39. The van der Waals surface area contributed by atoms with Crippen molar-refractivity contribution in [1.82, 2.24) is 19.7 Å². The third kappa shape index (κ3) is 3.91. The van der Waals surface area contributed by atoms with Crippen LogP contribution in [0, 0.1) is 18.3 Å². The molecule has 3 rings (SSSR count). The fourth-order valence-electron chi connectivity index (χ4n) is 3.01. The number of carbonyl (C=O) groups excluding carboxylic acids is 1. The van der Waals surface area contributed by atoms with Crippen LogP contribution in [-0.4, -0.2) is 51.8 Å². The number of anilines is 1. The minimum absolute atomic E-state index is 0.0148. The number of nitriles is 1. The van der Waals surface area contributed by atoms with Gasteiger partial charge in [-0.3, -0.25) is 4.79 Å². The average molecular weight is 359 g/mol. The van der Waals surface area contributed by atoms with E-state index in [4.69, 9.17) is 16.9 Å². The standard InChI is InChI=1S/C17H19ClN6O/c1-13-14(18)4-2-5-15(13)22-6-3-7-23(9-8-22)17(25)11-24-12-20-16(10-19)21-24/h2,4-5,12H,3,6-9,11H2,1H3. The summed E-state index contributed by atoms with van der Waals surface area (Å²) in [4.78, 5) is 20.4. The summed E-state index contributed by atoms with van der Waals surface area (Å²) in [5.74, 6) is 0.0605. The highest BCUT2D eigenvalue weighted by atomic mass is 35.5. The first kappa shape index (κ1) is 17.2. The van der Waals surface area contributed by atoms with Crippen molar-refractivity contribution in [2.75, 3.05) is 31.1 Å². The lowest BCUT2D eigenvalue weighted by Crippen LogP contribution is -2.37. The van der Waals surface area contributed by atoms with Gasteiger partial charge in [-0.05, 0) is 31.0 Å². The summed E-state index contributed by atoms with van der Waals surface area (Å²) < 4.78 is 1.41. The van der Waals surface area contributed by atoms with Crippen LogP contribution in [0.1, 0.15) is 17.8 Å². The molecule has 25 heavy (non-hydrogen) atoms. The van der Waals surface area contributed by atoms with E-state index >= 15 is 0 Å². The van der Waals surface area contributed by atoms with Crippen LogP contribution in [0.4, 0.5) is 5.69 Å². The summed E-state index contributed by atoms with van der Waals surface area (Å²) in [5.41, 5.74) is 2.19. The Kier molecular flexibility index (Phi) is 5.19. The topological polar surface area (TPSA) is 78.0 Å². The predicted molar refractivity (Wildman–Crippen MR) is 94.3 cm³/mol. The highest BCUT2D eigenvalue weighted by Gasteiger charge is 2.21. The monoisotopic (exact) mass is 358 g/mol. The number of halogens is 1. The minimum atomic E-state index is -0.0148. The van der Waals surface area contributed by atoms with Gasteiger partial charge in [0.15, 0.2) is 0 Å². The van der Waals surface area contributed by atoms with E-state index in [0.29, 0.717) is 13.1 Å². The SMILES string of the molecule is Cc1c(Cl)cccc1N1CCCN(C(=O)Cn2cnc(C#N)n2)CC1. The Morgan fingerprint density at radius 2 is 2.16 bits per heavy atom. The lowest BCUT2D eigenvalue weighted by Gasteiger charge is -2.25. The van der Waals surface area contributed by atoms with E-state index in [9.17, 15) is 4.79 Å². The fourth-order valence-corrected chi connectivity index (χ4v) is 3.18. The van der Waals surface area contributed by atoms with Crippen LogP contribution in [0.15, 0.2) is 24.5 Å². The zero-order valence-corrected chi connectivity index (χ0v) is 14.8. The molecule has 0 atom stereocenters. The molecule has 0 aliphatic carbocycles. The Hall–Kier alpha value is -2.59. The zero-order valence-electron chi connectivity index (χ0n) is 14.0. The van der Waals surface area contributed by atoms with E-state index in [1.54, 1.807) is 0 Å². The van der Waals surface area contributed by atoms with Gasteiger partial charge >= 0.3 is 0 Å². The summed E-state index contributed by atoms with van der Waals surface area (Å²) in [6, 6.07) is 7.77. The van der Waals surface area contributed by atoms with Crippen LogP contribution >= 0.6 is 11.6 Å². The number of benzene rings is 1. The Morgan fingerprint density at radius 3 is 2.92 bits per heavy atom. The molecule has 0 N–H and O–H groups in total. The molecule has 1 fully saturated rings. The molecular weight excluding hydrogens is 340 g/mol. The third-order valence-electron chi connectivity index (χ3n) is 4.36. The quantitative estimate of drug-likeness (QED) is 0.836. The van der Waals surface area contributed by atoms with Crippen molar-refractivity contribution < 1.29 is 4.79 Å². The van der Waals surface area contributed by atoms with Gasteiger partial charge in [0, 0.05) is 36.9 Å². The van der Waals surface area contributed by atoms with Gasteiger partial charge in [-0.2, -0.15) is 5.26 Å². The molecule has 130 valence electrons. The van der Waals surface area contributed by atoms with Crippen LogP contribution in [0.5, 0.6) is 0 Å². The van der Waals surface area contributed by atoms with Crippen molar-refractivity contribution in [2.45, 2.75) is 19.9 Å². The van der Waals surface area contributed by atoms with Crippen LogP contribution in [-0.2, 0) is 11.3 Å². The van der Waals surface area contributed by atoms with E-state index < -0.39 is 0 Å². The third-order valence-corrected chi connectivity index (χ3v) is 4.77. The van der Waals surface area contributed by atoms with Gasteiger partial charge in [-0.15, -0.1) is 5.10 Å². The molecule has 2 aromatic rings. The molecule has 2 heterocycles. The van der Waals surface area contributed by atoms with Gasteiger partial charge in [0.05, 0.1) is 0 Å². The molecule has 0 spiro atoms. The van der Waals surface area contributed by atoms with Crippen molar-refractivity contribution in [1.29, 1.82) is 5.26 Å². The molecule has 1 aromatic carbocycles. The lowest BCUT2D eigenvalue weighted by atomic mass is 10.1. The number of hydrogen-bond donors (Lipinski definition) is 0. The molecule has 0 unspecified atom stereocenters. The molecule has 1 aromatic heterocycles. The largest absolute Gasteiger partial charge is 0.369 e. The Balaban J connectivity index is 1.64. The summed E-state index contributed by atoms with van der Waals surface area (Å²) in [7, 11) is 0. The van der Waals surface area contributed by atoms with Crippen LogP contribution in [0.3, 0.4) is 0 Å². The van der Waals surface area contributed by atoms with E-state index in [2.05, 4.69) is 21.0 Å². The molecule has 1 aliphatic heterocycles. The number of rotatable bonds is 3. The summed E-state index contributed by atoms with van der Waals surface area (Å²) >= 11 is 6.23. The molecule has 1 aliphatic rings. The van der Waals surface area contributed by atoms with E-state index in [1.807, 2.05) is 30.0 Å². The second kappa shape index (κ2) is 7.53. The number of amides is 1. The van der Waals surface area contributed by atoms with E-state index in [0.717, 1.165) is 35.8 Å². The fraction of sp³-hybridized carbons (Fsp3) is 0.412. The molecule has 0 bridgehead atoms. The van der Waals surface area contributed by atoms with Crippen molar-refractivity contribution in [3.05, 3.63) is 40.9 Å². The maximum absolute atomic E-state index is 12.5. The highest BCUT2D eigenvalue weighted by Crippen LogP contribution is 2.27. The van der Waals surface area contributed by atoms with Gasteiger partial charge in [-0.1, -0.05) is 17.7 Å². The van der Waals surface area contributed by atoms with Crippen molar-refractivity contribution >= 4 is 23.2 Å². The first-order valence-corrected chi connectivity index (χ1v) is 8.53. The molecule has 1 amide bonds. The van der Waals surface area contributed by atoms with Crippen LogP contribution in [0.2, 0.25) is 5.02 Å². The maximum atomic E-state index is 12.5. The highest BCUT2D eigenvalue weighted by molar-refractivity contribution is 6.31. The summed E-state index contributed by atoms with van der Waals surface area (Å²) in [6.45, 7) is 5.10. The first-order chi connectivity index (χ1) is 12.1. The number of nitrogens with zero attached hydrogens (tertiary/aromatic N) is 6. The van der Waals surface area contributed by atoms with Crippen molar-refractivity contribution in [3.8, 4) is 6.07 Å². The molecular formula is C17H19ClN6O. The summed E-state index contributed by atoms with van der Waals surface area (Å²) in [6.07, 6.45) is 2.30. The van der Waals surface area contributed by atoms with Gasteiger partial charge in [0.1, 0.15) is 18.9 Å². The number of carbonyl (C=O) groups is 1. The van der Waals surface area contributed by atoms with Gasteiger partial charge in [0.25, 0.3) is 5.82 Å². The average Bonchev–Trinajstić information content (AvgIpc) is 2.91. The minimum Gasteiger partial charge on any atom is -0.369 e. The lowest BCUT2D eigenvalue weighted by molar-refractivity contribution is -0.131. The number of hydrogen-bond acceptors (Lipinski definition) is 5. The smallest absolute Gasteiger partial charge is 0.252 e. The van der Waals surface area contributed by atoms with Gasteiger partial charge < -0.3 is 9.80 Å². The van der Waals surface area contributed by atoms with Crippen LogP contribution in [0.25, 0.3) is 0 Å². The Labute approximate surface area is 151 Å².